The Hall–Kier alpha value is -2.24. The van der Waals surface area contributed by atoms with Gasteiger partial charge >= 0.3 is 12.1 Å². The average Bonchev–Trinajstić information content (AvgIpc) is 2.69. The van der Waals surface area contributed by atoms with Crippen LogP contribution in [0.25, 0.3) is 0 Å². The Bertz CT molecular complexity index is 574. The summed E-state index contributed by atoms with van der Waals surface area (Å²) >= 11 is 0. The van der Waals surface area contributed by atoms with Crippen LogP contribution in [0.15, 0.2) is 12.1 Å². The number of nitrogens with zero attached hydrogens (tertiary/aromatic N) is 1. The Morgan fingerprint density at radius 2 is 1.95 bits per heavy atom. The number of phenols is 1. The van der Waals surface area contributed by atoms with Crippen molar-refractivity contribution in [3.63, 3.8) is 0 Å². The topological polar surface area (TPSA) is 87.1 Å². The molecule has 0 saturated heterocycles. The molecule has 2 N–H and O–H groups in total. The van der Waals surface area contributed by atoms with Crippen molar-refractivity contribution in [3.05, 3.63) is 23.3 Å². The van der Waals surface area contributed by atoms with Gasteiger partial charge in [-0.1, -0.05) is 0 Å². The van der Waals surface area contributed by atoms with Crippen LogP contribution in [0.1, 0.15) is 36.7 Å². The molecule has 2 rings (SSSR count). The van der Waals surface area contributed by atoms with Gasteiger partial charge in [0, 0.05) is 6.54 Å². The van der Waals surface area contributed by atoms with Crippen molar-refractivity contribution < 1.29 is 24.5 Å². The van der Waals surface area contributed by atoms with Crippen molar-refractivity contribution in [2.24, 2.45) is 0 Å². The Morgan fingerprint density at radius 1 is 1.30 bits per heavy atom. The van der Waals surface area contributed by atoms with Gasteiger partial charge in [-0.2, -0.15) is 0 Å². The SMILES string of the molecule is CC(C)(C)OC(=O)N1CCc2c1ccc(O)c2C(=O)O. The number of aromatic hydroxyl groups is 1. The highest BCUT2D eigenvalue weighted by Gasteiger charge is 2.32. The molecule has 1 aliphatic rings. The summed E-state index contributed by atoms with van der Waals surface area (Å²) in [7, 11) is 0. The Labute approximate surface area is 116 Å². The third kappa shape index (κ3) is 2.54. The third-order valence-electron chi connectivity index (χ3n) is 2.97. The van der Waals surface area contributed by atoms with Crippen LogP contribution in [-0.2, 0) is 11.2 Å². The number of carboxylic acid groups (broad SMARTS) is 1. The maximum Gasteiger partial charge on any atom is 0.414 e. The number of fused-ring (bicyclic) bond motifs is 1. The number of amides is 1. The maximum absolute atomic E-state index is 12.1. The minimum absolute atomic E-state index is 0.145. The molecule has 0 aromatic heterocycles. The Balaban J connectivity index is 2.37. The smallest absolute Gasteiger partial charge is 0.414 e. The second-order valence-corrected chi connectivity index (χ2v) is 5.64. The predicted molar refractivity (Wildman–Crippen MR) is 72.4 cm³/mol. The predicted octanol–water partition coefficient (Wildman–Crippen LogP) is 2.39. The minimum Gasteiger partial charge on any atom is -0.507 e. The first-order valence-corrected chi connectivity index (χ1v) is 6.29. The lowest BCUT2D eigenvalue weighted by Crippen LogP contribution is -2.35. The van der Waals surface area contributed by atoms with E-state index in [9.17, 15) is 14.7 Å². The highest BCUT2D eigenvalue weighted by atomic mass is 16.6. The lowest BCUT2D eigenvalue weighted by atomic mass is 10.0. The lowest BCUT2D eigenvalue weighted by Gasteiger charge is -2.24. The zero-order valence-corrected chi connectivity index (χ0v) is 11.6. The molecular weight excluding hydrogens is 262 g/mol. The van der Waals surface area contributed by atoms with Gasteiger partial charge in [0.15, 0.2) is 0 Å². The number of hydrogen-bond donors (Lipinski definition) is 2. The fourth-order valence-electron chi connectivity index (χ4n) is 2.22. The largest absolute Gasteiger partial charge is 0.507 e. The Morgan fingerprint density at radius 3 is 2.50 bits per heavy atom. The van der Waals surface area contributed by atoms with Gasteiger partial charge in [0.25, 0.3) is 0 Å². The van der Waals surface area contributed by atoms with Crippen LogP contribution in [0, 0.1) is 0 Å². The Kier molecular flexibility index (Phi) is 3.33. The molecule has 0 fully saturated rings. The fraction of sp³-hybridized carbons (Fsp3) is 0.429. The standard InChI is InChI=1S/C14H17NO5/c1-14(2,3)20-13(19)15-7-6-8-9(15)4-5-10(16)11(8)12(17)18/h4-5,16H,6-7H2,1-3H3,(H,17,18). The molecule has 1 aliphatic heterocycles. The van der Waals surface area contributed by atoms with Crippen LogP contribution < -0.4 is 4.90 Å². The molecule has 108 valence electrons. The summed E-state index contributed by atoms with van der Waals surface area (Å²) in [5.74, 6) is -1.49. The van der Waals surface area contributed by atoms with E-state index in [1.165, 1.54) is 17.0 Å². The molecule has 0 radical (unpaired) electrons. The zero-order valence-electron chi connectivity index (χ0n) is 11.6. The number of benzene rings is 1. The molecule has 0 bridgehead atoms. The van der Waals surface area contributed by atoms with Crippen LogP contribution in [0.4, 0.5) is 10.5 Å². The normalized spacial score (nSPS) is 14.1. The molecule has 1 amide bonds. The summed E-state index contributed by atoms with van der Waals surface area (Å²) < 4.78 is 5.29. The number of carboxylic acids is 1. The second kappa shape index (κ2) is 4.70. The third-order valence-corrected chi connectivity index (χ3v) is 2.97. The van der Waals surface area contributed by atoms with E-state index in [0.717, 1.165) is 0 Å². The van der Waals surface area contributed by atoms with E-state index in [-0.39, 0.29) is 11.3 Å². The summed E-state index contributed by atoms with van der Waals surface area (Å²) in [6.07, 6.45) is -0.136. The van der Waals surface area contributed by atoms with Gasteiger partial charge < -0.3 is 14.9 Å². The first kappa shape index (κ1) is 14.2. The molecule has 0 unspecified atom stereocenters. The van der Waals surface area contributed by atoms with E-state index in [1.54, 1.807) is 20.8 Å². The number of ether oxygens (including phenoxy) is 1. The molecule has 6 heteroatoms. The van der Waals surface area contributed by atoms with Crippen molar-refractivity contribution in [1.29, 1.82) is 0 Å². The van der Waals surface area contributed by atoms with Gasteiger partial charge in [0.05, 0.1) is 5.69 Å². The number of carbonyl (C=O) groups excluding carboxylic acids is 1. The summed E-state index contributed by atoms with van der Waals surface area (Å²) in [5.41, 5.74) is 0.179. The molecule has 1 aromatic rings. The van der Waals surface area contributed by atoms with E-state index in [4.69, 9.17) is 9.84 Å². The number of rotatable bonds is 1. The van der Waals surface area contributed by atoms with Gasteiger partial charge in [-0.25, -0.2) is 9.59 Å². The molecule has 0 saturated carbocycles. The van der Waals surface area contributed by atoms with E-state index in [0.29, 0.717) is 24.2 Å². The highest BCUT2D eigenvalue weighted by Crippen LogP contribution is 2.36. The molecule has 6 nitrogen and oxygen atoms in total. The summed E-state index contributed by atoms with van der Waals surface area (Å²) in [4.78, 5) is 24.7. The average molecular weight is 279 g/mol. The molecular formula is C14H17NO5. The monoisotopic (exact) mass is 279 g/mol. The number of anilines is 1. The zero-order chi connectivity index (χ0) is 15.1. The van der Waals surface area contributed by atoms with Crippen molar-refractivity contribution >= 4 is 17.7 Å². The molecule has 0 atom stereocenters. The van der Waals surface area contributed by atoms with Gasteiger partial charge in [0.2, 0.25) is 0 Å². The summed E-state index contributed by atoms with van der Waals surface area (Å²) in [6, 6.07) is 2.82. The van der Waals surface area contributed by atoms with Crippen LogP contribution >= 0.6 is 0 Å². The van der Waals surface area contributed by atoms with Crippen molar-refractivity contribution in [3.8, 4) is 5.75 Å². The van der Waals surface area contributed by atoms with Crippen LogP contribution in [-0.4, -0.2) is 34.4 Å². The lowest BCUT2D eigenvalue weighted by molar-refractivity contribution is 0.0582. The summed E-state index contributed by atoms with van der Waals surface area (Å²) in [6.45, 7) is 5.64. The van der Waals surface area contributed by atoms with E-state index in [2.05, 4.69) is 0 Å². The van der Waals surface area contributed by atoms with E-state index >= 15 is 0 Å². The molecule has 1 aromatic carbocycles. The maximum atomic E-state index is 12.1. The molecule has 0 aliphatic carbocycles. The van der Waals surface area contributed by atoms with Crippen LogP contribution in [0.2, 0.25) is 0 Å². The summed E-state index contributed by atoms with van der Waals surface area (Å²) in [5, 5.41) is 18.8. The minimum atomic E-state index is -1.20. The van der Waals surface area contributed by atoms with Crippen LogP contribution in [0.3, 0.4) is 0 Å². The number of carbonyl (C=O) groups is 2. The van der Waals surface area contributed by atoms with Gasteiger partial charge in [0.1, 0.15) is 16.9 Å². The number of hydrogen-bond acceptors (Lipinski definition) is 4. The van der Waals surface area contributed by atoms with Crippen molar-refractivity contribution in [2.45, 2.75) is 32.8 Å². The molecule has 20 heavy (non-hydrogen) atoms. The quantitative estimate of drug-likeness (QED) is 0.824. The first-order chi connectivity index (χ1) is 9.20. The molecule has 1 heterocycles. The first-order valence-electron chi connectivity index (χ1n) is 6.29. The van der Waals surface area contributed by atoms with Gasteiger partial charge in [-0.15, -0.1) is 0 Å². The fourth-order valence-corrected chi connectivity index (χ4v) is 2.22. The van der Waals surface area contributed by atoms with Crippen molar-refractivity contribution in [2.75, 3.05) is 11.4 Å². The van der Waals surface area contributed by atoms with Gasteiger partial charge in [-0.05, 0) is 44.9 Å². The highest BCUT2D eigenvalue weighted by molar-refractivity contribution is 5.99. The number of aromatic carboxylic acids is 1. The van der Waals surface area contributed by atoms with Crippen molar-refractivity contribution in [1.82, 2.24) is 0 Å². The van der Waals surface area contributed by atoms with E-state index < -0.39 is 17.7 Å². The van der Waals surface area contributed by atoms with Crippen LogP contribution in [0.5, 0.6) is 5.75 Å². The van der Waals surface area contributed by atoms with E-state index in [1.807, 2.05) is 0 Å². The van der Waals surface area contributed by atoms with Gasteiger partial charge in [-0.3, -0.25) is 4.90 Å². The molecule has 0 spiro atoms. The second-order valence-electron chi connectivity index (χ2n) is 5.64.